The number of carbonyl (C=O) groups is 1. The molecule has 1 saturated heterocycles. The third-order valence-corrected chi connectivity index (χ3v) is 6.52. The zero-order chi connectivity index (χ0) is 17.2. The number of amides is 1. The molecule has 0 atom stereocenters. The highest BCUT2D eigenvalue weighted by Crippen LogP contribution is 2.39. The summed E-state index contributed by atoms with van der Waals surface area (Å²) in [7, 11) is 1.68. The molecule has 1 aliphatic heterocycles. The van der Waals surface area contributed by atoms with Gasteiger partial charge in [0.05, 0.1) is 10.4 Å². The number of fused-ring (bicyclic) bond motifs is 1. The molecule has 0 bridgehead atoms. The molecule has 8 heteroatoms. The van der Waals surface area contributed by atoms with Crippen LogP contribution in [0.5, 0.6) is 0 Å². The molecule has 3 aromatic heterocycles. The highest BCUT2D eigenvalue weighted by molar-refractivity contribution is 7.20. The molecular weight excluding hydrogens is 354 g/mol. The number of thiazole rings is 1. The lowest BCUT2D eigenvalue weighted by molar-refractivity contribution is 0.0965. The topological polar surface area (TPSA) is 71.0 Å². The monoisotopic (exact) mass is 373 g/mol. The molecular formula is C17H19N5OS2. The summed E-state index contributed by atoms with van der Waals surface area (Å²) >= 11 is 3.15. The quantitative estimate of drug-likeness (QED) is 0.761. The zero-order valence-electron chi connectivity index (χ0n) is 13.9. The van der Waals surface area contributed by atoms with Gasteiger partial charge in [-0.15, -0.1) is 22.7 Å². The number of nitrogens with one attached hydrogen (secondary N) is 1. The van der Waals surface area contributed by atoms with Crippen molar-refractivity contribution >= 4 is 38.9 Å². The van der Waals surface area contributed by atoms with E-state index in [1.54, 1.807) is 30.8 Å². The van der Waals surface area contributed by atoms with Crippen LogP contribution in [0.15, 0.2) is 24.1 Å². The number of hydrogen-bond acceptors (Lipinski definition) is 7. The fraction of sp³-hybridized carbons (Fsp3) is 0.412. The molecule has 0 saturated carbocycles. The van der Waals surface area contributed by atoms with Gasteiger partial charge >= 0.3 is 0 Å². The van der Waals surface area contributed by atoms with Crippen molar-refractivity contribution in [3.63, 3.8) is 0 Å². The smallest absolute Gasteiger partial charge is 0.261 e. The van der Waals surface area contributed by atoms with Crippen molar-refractivity contribution in [1.82, 2.24) is 25.2 Å². The van der Waals surface area contributed by atoms with E-state index in [0.717, 1.165) is 53.3 Å². The number of piperidine rings is 1. The normalized spacial score (nSPS) is 16.4. The summed E-state index contributed by atoms with van der Waals surface area (Å²) < 4.78 is 0. The molecule has 1 N–H and O–H groups in total. The van der Waals surface area contributed by atoms with Crippen LogP contribution in [0.2, 0.25) is 0 Å². The second-order valence-electron chi connectivity index (χ2n) is 6.15. The van der Waals surface area contributed by atoms with Gasteiger partial charge in [-0.3, -0.25) is 19.7 Å². The van der Waals surface area contributed by atoms with E-state index in [1.807, 2.05) is 11.7 Å². The molecule has 1 aliphatic rings. The molecule has 0 radical (unpaired) electrons. The Kier molecular flexibility index (Phi) is 4.74. The van der Waals surface area contributed by atoms with Crippen molar-refractivity contribution in [1.29, 1.82) is 0 Å². The number of carbonyl (C=O) groups excluding carboxylic acids is 1. The van der Waals surface area contributed by atoms with E-state index in [0.29, 0.717) is 5.92 Å². The number of rotatable bonds is 4. The maximum atomic E-state index is 12.4. The Balaban J connectivity index is 1.57. The maximum Gasteiger partial charge on any atom is 0.261 e. The summed E-state index contributed by atoms with van der Waals surface area (Å²) in [5, 5.41) is 2.76. The van der Waals surface area contributed by atoms with E-state index in [4.69, 9.17) is 0 Å². The fourth-order valence-corrected chi connectivity index (χ4v) is 5.20. The van der Waals surface area contributed by atoms with Crippen molar-refractivity contribution in [3.8, 4) is 0 Å². The Morgan fingerprint density at radius 2 is 2.12 bits per heavy atom. The molecule has 25 heavy (non-hydrogen) atoms. The van der Waals surface area contributed by atoms with Crippen molar-refractivity contribution in [2.75, 3.05) is 20.1 Å². The second-order valence-corrected chi connectivity index (χ2v) is 8.12. The Bertz CT molecular complexity index is 868. The Morgan fingerprint density at radius 3 is 2.84 bits per heavy atom. The van der Waals surface area contributed by atoms with Crippen LogP contribution >= 0.6 is 22.7 Å². The largest absolute Gasteiger partial charge is 0.354 e. The molecule has 1 amide bonds. The molecule has 0 spiro atoms. The minimum absolute atomic E-state index is 0.0353. The summed E-state index contributed by atoms with van der Waals surface area (Å²) in [5.41, 5.74) is 3.87. The molecule has 4 rings (SSSR count). The lowest BCUT2D eigenvalue weighted by atomic mass is 9.88. The van der Waals surface area contributed by atoms with Gasteiger partial charge in [0, 0.05) is 42.6 Å². The van der Waals surface area contributed by atoms with Gasteiger partial charge in [-0.1, -0.05) is 0 Å². The van der Waals surface area contributed by atoms with Crippen LogP contribution in [0.3, 0.4) is 0 Å². The highest BCUT2D eigenvalue weighted by Gasteiger charge is 2.29. The van der Waals surface area contributed by atoms with Gasteiger partial charge < -0.3 is 5.32 Å². The van der Waals surface area contributed by atoms with Crippen LogP contribution in [0.25, 0.3) is 10.3 Å². The first-order chi connectivity index (χ1) is 12.3. The minimum Gasteiger partial charge on any atom is -0.354 e. The van der Waals surface area contributed by atoms with Crippen molar-refractivity contribution in [2.45, 2.75) is 25.3 Å². The van der Waals surface area contributed by atoms with Gasteiger partial charge in [0.25, 0.3) is 5.91 Å². The highest BCUT2D eigenvalue weighted by atomic mass is 32.1. The summed E-state index contributed by atoms with van der Waals surface area (Å²) in [6.45, 7) is 3.00. The predicted octanol–water partition coefficient (Wildman–Crippen LogP) is 2.89. The third kappa shape index (κ3) is 3.29. The number of likely N-dealkylation sites (tertiary alicyclic amines) is 1. The van der Waals surface area contributed by atoms with E-state index < -0.39 is 0 Å². The van der Waals surface area contributed by atoms with Crippen molar-refractivity contribution in [2.24, 2.45) is 0 Å². The molecule has 1 fully saturated rings. The van der Waals surface area contributed by atoms with E-state index in [2.05, 4.69) is 25.2 Å². The van der Waals surface area contributed by atoms with Crippen LogP contribution in [-0.2, 0) is 6.54 Å². The predicted molar refractivity (Wildman–Crippen MR) is 100 cm³/mol. The summed E-state index contributed by atoms with van der Waals surface area (Å²) in [6.07, 6.45) is 7.41. The summed E-state index contributed by atoms with van der Waals surface area (Å²) in [6, 6.07) is 0. The van der Waals surface area contributed by atoms with Crippen LogP contribution < -0.4 is 5.32 Å². The standard InChI is InChI=1S/C17H19N5OS2/c1-18-16(23)15-13(14-17(25-15)21-5-4-20-14)11-2-6-22(7-3-11)9-12-8-19-10-24-12/h4-5,8,10-11H,2-3,6-7,9H2,1H3,(H,18,23). The number of thiophene rings is 1. The first-order valence-corrected chi connectivity index (χ1v) is 10.0. The first-order valence-electron chi connectivity index (χ1n) is 8.31. The van der Waals surface area contributed by atoms with Gasteiger partial charge in [-0.25, -0.2) is 4.98 Å². The van der Waals surface area contributed by atoms with Crippen LogP contribution in [0.4, 0.5) is 0 Å². The molecule has 6 nitrogen and oxygen atoms in total. The molecule has 4 heterocycles. The minimum atomic E-state index is -0.0353. The number of hydrogen-bond donors (Lipinski definition) is 1. The molecule has 3 aromatic rings. The average molecular weight is 374 g/mol. The van der Waals surface area contributed by atoms with Gasteiger partial charge in [0.1, 0.15) is 10.3 Å². The van der Waals surface area contributed by atoms with Gasteiger partial charge in [-0.2, -0.15) is 0 Å². The van der Waals surface area contributed by atoms with Crippen LogP contribution in [0, 0.1) is 0 Å². The Labute approximate surface area is 153 Å². The van der Waals surface area contributed by atoms with E-state index in [1.165, 1.54) is 16.2 Å². The third-order valence-electron chi connectivity index (χ3n) is 4.66. The van der Waals surface area contributed by atoms with Crippen LogP contribution in [-0.4, -0.2) is 45.9 Å². The first kappa shape index (κ1) is 16.6. The Hall–Kier alpha value is -1.90. The molecule has 0 aromatic carbocycles. The van der Waals surface area contributed by atoms with E-state index >= 15 is 0 Å². The van der Waals surface area contributed by atoms with Crippen molar-refractivity contribution in [3.05, 3.63) is 39.4 Å². The van der Waals surface area contributed by atoms with Gasteiger partial charge in [0.2, 0.25) is 0 Å². The second kappa shape index (κ2) is 7.15. The summed E-state index contributed by atoms with van der Waals surface area (Å²) in [5.74, 6) is 0.322. The molecule has 0 unspecified atom stereocenters. The number of nitrogens with zero attached hydrogens (tertiary/aromatic N) is 4. The lowest BCUT2D eigenvalue weighted by Crippen LogP contribution is -2.32. The van der Waals surface area contributed by atoms with E-state index in [9.17, 15) is 4.79 Å². The van der Waals surface area contributed by atoms with Crippen molar-refractivity contribution < 1.29 is 4.79 Å². The fourth-order valence-electron chi connectivity index (χ4n) is 3.43. The Morgan fingerprint density at radius 1 is 1.32 bits per heavy atom. The van der Waals surface area contributed by atoms with Crippen LogP contribution in [0.1, 0.15) is 38.9 Å². The molecule has 130 valence electrons. The lowest BCUT2D eigenvalue weighted by Gasteiger charge is -2.31. The maximum absolute atomic E-state index is 12.4. The summed E-state index contributed by atoms with van der Waals surface area (Å²) in [4.78, 5) is 30.8. The van der Waals surface area contributed by atoms with Gasteiger partial charge in [0.15, 0.2) is 0 Å². The average Bonchev–Trinajstić information content (AvgIpc) is 3.29. The molecule has 0 aliphatic carbocycles. The van der Waals surface area contributed by atoms with E-state index in [-0.39, 0.29) is 5.91 Å². The zero-order valence-corrected chi connectivity index (χ0v) is 15.6. The van der Waals surface area contributed by atoms with Gasteiger partial charge in [-0.05, 0) is 31.8 Å². The SMILES string of the molecule is CNC(=O)c1sc2nccnc2c1C1CCN(Cc2cncs2)CC1. The number of aromatic nitrogens is 3.